The van der Waals surface area contributed by atoms with Crippen LogP contribution in [0, 0.1) is 11.3 Å². The van der Waals surface area contributed by atoms with Crippen molar-refractivity contribution < 1.29 is 4.79 Å². The topological polar surface area (TPSA) is 85.2 Å². The highest BCUT2D eigenvalue weighted by Gasteiger charge is 2.18. The minimum Gasteiger partial charge on any atom is -0.373 e. The highest BCUT2D eigenvalue weighted by Crippen LogP contribution is 2.12. The maximum atomic E-state index is 12.3. The predicted octanol–water partition coefficient (Wildman–Crippen LogP) is 1.98. The first-order valence-corrected chi connectivity index (χ1v) is 8.94. The van der Waals surface area contributed by atoms with Gasteiger partial charge in [0.25, 0.3) is 5.91 Å². The number of amides is 1. The van der Waals surface area contributed by atoms with Crippen molar-refractivity contribution in [2.45, 2.75) is 6.54 Å². The second-order valence-corrected chi connectivity index (χ2v) is 6.47. The van der Waals surface area contributed by atoms with Gasteiger partial charge in [-0.15, -0.1) is 0 Å². The van der Waals surface area contributed by atoms with Crippen LogP contribution >= 0.6 is 11.6 Å². The zero-order chi connectivity index (χ0) is 19.1. The number of hydrogen-bond acceptors (Lipinski definition) is 6. The Bertz CT molecular complexity index is 839. The highest BCUT2D eigenvalue weighted by molar-refractivity contribution is 6.30. The van der Waals surface area contributed by atoms with E-state index in [4.69, 9.17) is 11.6 Å². The number of benzene rings is 1. The fraction of sp³-hybridized carbons (Fsp3) is 0.263. The van der Waals surface area contributed by atoms with Gasteiger partial charge in [0.2, 0.25) is 5.95 Å². The maximum Gasteiger partial charge on any atom is 0.263 e. The Kier molecular flexibility index (Phi) is 6.23. The third-order valence-electron chi connectivity index (χ3n) is 4.19. The van der Waals surface area contributed by atoms with E-state index in [0.717, 1.165) is 18.7 Å². The van der Waals surface area contributed by atoms with Crippen LogP contribution in [0.5, 0.6) is 0 Å². The van der Waals surface area contributed by atoms with E-state index >= 15 is 0 Å². The lowest BCUT2D eigenvalue weighted by atomic mass is 10.2. The Morgan fingerprint density at radius 1 is 1.19 bits per heavy atom. The number of rotatable bonds is 5. The number of carbonyl (C=O) groups excluding carboxylic acids is 1. The predicted molar refractivity (Wildman–Crippen MR) is 103 cm³/mol. The molecule has 0 radical (unpaired) electrons. The monoisotopic (exact) mass is 382 g/mol. The maximum absolute atomic E-state index is 12.3. The van der Waals surface area contributed by atoms with Gasteiger partial charge in [0.1, 0.15) is 11.6 Å². The molecule has 0 atom stereocenters. The average Bonchev–Trinajstić information content (AvgIpc) is 2.72. The highest BCUT2D eigenvalue weighted by atomic mass is 35.5. The number of anilines is 1. The molecule has 0 spiro atoms. The Labute approximate surface area is 162 Å². The lowest BCUT2D eigenvalue weighted by molar-refractivity contribution is -0.117. The quantitative estimate of drug-likeness (QED) is 0.628. The molecule has 1 aromatic carbocycles. The Morgan fingerprint density at radius 3 is 2.48 bits per heavy atom. The van der Waals surface area contributed by atoms with Gasteiger partial charge in [-0.3, -0.25) is 4.79 Å². The van der Waals surface area contributed by atoms with Gasteiger partial charge >= 0.3 is 0 Å². The first kappa shape index (κ1) is 18.7. The smallest absolute Gasteiger partial charge is 0.263 e. The van der Waals surface area contributed by atoms with Crippen LogP contribution in [0.25, 0.3) is 0 Å². The fourth-order valence-electron chi connectivity index (χ4n) is 2.71. The second kappa shape index (κ2) is 9.01. The summed E-state index contributed by atoms with van der Waals surface area (Å²) in [5.41, 5.74) is 1.01. The summed E-state index contributed by atoms with van der Waals surface area (Å²) in [6.07, 6.45) is 5.06. The molecule has 7 nitrogen and oxygen atoms in total. The Morgan fingerprint density at radius 2 is 1.85 bits per heavy atom. The van der Waals surface area contributed by atoms with E-state index in [-0.39, 0.29) is 11.5 Å². The molecule has 2 heterocycles. The lowest BCUT2D eigenvalue weighted by Crippen LogP contribution is -2.45. The van der Waals surface area contributed by atoms with Crippen LogP contribution in [-0.4, -0.2) is 47.0 Å². The van der Waals surface area contributed by atoms with Gasteiger partial charge in [0.05, 0.1) is 0 Å². The molecule has 1 saturated heterocycles. The minimum atomic E-state index is -0.388. The molecule has 1 aliphatic rings. The van der Waals surface area contributed by atoms with Crippen molar-refractivity contribution in [1.29, 1.82) is 5.26 Å². The van der Waals surface area contributed by atoms with Crippen LogP contribution in [0.3, 0.4) is 0 Å². The Balaban J connectivity index is 1.54. The molecule has 1 aliphatic heterocycles. The van der Waals surface area contributed by atoms with E-state index in [1.54, 1.807) is 36.8 Å². The summed E-state index contributed by atoms with van der Waals surface area (Å²) in [4.78, 5) is 24.8. The molecule has 1 fully saturated rings. The van der Waals surface area contributed by atoms with E-state index < -0.39 is 0 Å². The summed E-state index contributed by atoms with van der Waals surface area (Å²) in [6, 6.07) is 11.0. The molecule has 3 rings (SSSR count). The minimum absolute atomic E-state index is 0.0911. The molecular formula is C19H19ClN6O. The summed E-state index contributed by atoms with van der Waals surface area (Å²) < 4.78 is 0. The number of carbonyl (C=O) groups is 1. The van der Waals surface area contributed by atoms with Crippen molar-refractivity contribution >= 4 is 23.5 Å². The summed E-state index contributed by atoms with van der Waals surface area (Å²) in [5.74, 6) is 0.309. The van der Waals surface area contributed by atoms with E-state index in [1.165, 1.54) is 0 Å². The van der Waals surface area contributed by atoms with Crippen LogP contribution in [-0.2, 0) is 11.3 Å². The van der Waals surface area contributed by atoms with Crippen LogP contribution < -0.4 is 10.2 Å². The molecule has 1 amide bonds. The van der Waals surface area contributed by atoms with Gasteiger partial charge in [-0.2, -0.15) is 5.26 Å². The van der Waals surface area contributed by atoms with E-state index in [0.29, 0.717) is 30.6 Å². The summed E-state index contributed by atoms with van der Waals surface area (Å²) in [7, 11) is 0. The standard InChI is InChI=1S/C19H19ClN6O/c20-17-4-2-15(3-5-17)13-24-18(27)16(12-21)14-25-8-10-26(11-9-25)19-22-6-1-7-23-19/h1-7,14H,8-11,13H2,(H,24,27)/b16-14-. The second-order valence-electron chi connectivity index (χ2n) is 6.04. The van der Waals surface area contributed by atoms with Crippen molar-refractivity contribution in [3.8, 4) is 6.07 Å². The average molecular weight is 383 g/mol. The van der Waals surface area contributed by atoms with E-state index in [9.17, 15) is 10.1 Å². The van der Waals surface area contributed by atoms with E-state index in [1.807, 2.05) is 23.1 Å². The zero-order valence-corrected chi connectivity index (χ0v) is 15.4. The summed E-state index contributed by atoms with van der Waals surface area (Å²) in [5, 5.41) is 12.7. The Hall–Kier alpha value is -3.11. The number of hydrogen-bond donors (Lipinski definition) is 1. The van der Waals surface area contributed by atoms with E-state index in [2.05, 4.69) is 20.2 Å². The molecule has 2 aromatic rings. The molecule has 27 heavy (non-hydrogen) atoms. The normalized spacial score (nSPS) is 14.6. The lowest BCUT2D eigenvalue weighted by Gasteiger charge is -2.34. The number of nitrogens with zero attached hydrogens (tertiary/aromatic N) is 5. The molecule has 1 N–H and O–H groups in total. The fourth-order valence-corrected chi connectivity index (χ4v) is 2.83. The van der Waals surface area contributed by atoms with Crippen LogP contribution in [0.2, 0.25) is 5.02 Å². The molecular weight excluding hydrogens is 364 g/mol. The van der Waals surface area contributed by atoms with Gasteiger partial charge in [0.15, 0.2) is 0 Å². The van der Waals surface area contributed by atoms with Gasteiger partial charge in [-0.05, 0) is 23.8 Å². The number of nitriles is 1. The molecule has 1 aromatic heterocycles. The number of aromatic nitrogens is 2. The molecule has 0 aliphatic carbocycles. The van der Waals surface area contributed by atoms with Gasteiger partial charge in [0, 0.05) is 56.3 Å². The van der Waals surface area contributed by atoms with Crippen molar-refractivity contribution in [2.75, 3.05) is 31.1 Å². The van der Waals surface area contributed by atoms with Gasteiger partial charge in [-0.25, -0.2) is 9.97 Å². The molecule has 138 valence electrons. The zero-order valence-electron chi connectivity index (χ0n) is 14.7. The first-order valence-electron chi connectivity index (χ1n) is 8.56. The summed E-state index contributed by atoms with van der Waals surface area (Å²) in [6.45, 7) is 3.17. The number of nitrogens with one attached hydrogen (secondary N) is 1. The molecule has 0 bridgehead atoms. The van der Waals surface area contributed by atoms with Crippen molar-refractivity contribution in [3.63, 3.8) is 0 Å². The molecule has 0 unspecified atom stereocenters. The van der Waals surface area contributed by atoms with Crippen molar-refractivity contribution in [3.05, 3.63) is 65.1 Å². The van der Waals surface area contributed by atoms with Crippen LogP contribution in [0.4, 0.5) is 5.95 Å². The van der Waals surface area contributed by atoms with Gasteiger partial charge < -0.3 is 15.1 Å². The molecule has 0 saturated carbocycles. The third-order valence-corrected chi connectivity index (χ3v) is 4.44. The van der Waals surface area contributed by atoms with Crippen molar-refractivity contribution in [1.82, 2.24) is 20.2 Å². The molecule has 8 heteroatoms. The first-order chi connectivity index (χ1) is 13.2. The van der Waals surface area contributed by atoms with Crippen molar-refractivity contribution in [2.24, 2.45) is 0 Å². The number of piperazine rings is 1. The largest absolute Gasteiger partial charge is 0.373 e. The number of halogens is 1. The summed E-state index contributed by atoms with van der Waals surface area (Å²) >= 11 is 5.85. The SMILES string of the molecule is N#C/C(=C/N1CCN(c2ncccn2)CC1)C(=O)NCc1ccc(Cl)cc1. The third kappa shape index (κ3) is 5.19. The van der Waals surface area contributed by atoms with Crippen LogP contribution in [0.1, 0.15) is 5.56 Å². The van der Waals surface area contributed by atoms with Gasteiger partial charge in [-0.1, -0.05) is 23.7 Å². The van der Waals surface area contributed by atoms with Crippen LogP contribution in [0.15, 0.2) is 54.5 Å².